The van der Waals surface area contributed by atoms with E-state index in [1.807, 2.05) is 0 Å². The second kappa shape index (κ2) is 12.9. The Morgan fingerprint density at radius 1 is 1.36 bits per heavy atom. The van der Waals surface area contributed by atoms with E-state index in [9.17, 15) is 4.79 Å². The minimum absolute atomic E-state index is 0.327. The molecular formula is C8H17O2Sn. The molecule has 0 bridgehead atoms. The molecule has 0 fully saturated rings. The molecule has 0 rings (SSSR count). The fourth-order valence-electron chi connectivity index (χ4n) is 0.526. The van der Waals surface area contributed by atoms with Gasteiger partial charge in [-0.15, -0.1) is 0 Å². The number of carboxylic acid groups (broad SMARTS) is 1. The third-order valence-electron chi connectivity index (χ3n) is 0.994. The van der Waals surface area contributed by atoms with Gasteiger partial charge in [-0.05, 0) is 6.42 Å². The summed E-state index contributed by atoms with van der Waals surface area (Å²) < 4.78 is 1.34. The van der Waals surface area contributed by atoms with Crippen LogP contribution in [0.15, 0.2) is 0 Å². The average Bonchev–Trinajstić information content (AvgIpc) is 1.89. The predicted molar refractivity (Wildman–Crippen MR) is 48.0 cm³/mol. The summed E-state index contributed by atoms with van der Waals surface area (Å²) in [6, 6.07) is 0. The summed E-state index contributed by atoms with van der Waals surface area (Å²) in [5, 5.41) is 8.14. The van der Waals surface area contributed by atoms with Crippen LogP contribution in [0.2, 0.25) is 4.44 Å². The number of aliphatic carboxylic acids is 1. The third-order valence-corrected chi connectivity index (χ3v) is 0.994. The van der Waals surface area contributed by atoms with E-state index in [0.717, 1.165) is 19.3 Å². The second-order valence-corrected chi connectivity index (χ2v) is 4.22. The summed E-state index contributed by atoms with van der Waals surface area (Å²) in [5.41, 5.74) is 0. The zero-order chi connectivity index (χ0) is 9.11. The molecule has 0 amide bonds. The van der Waals surface area contributed by atoms with Crippen molar-refractivity contribution < 1.29 is 9.90 Å². The van der Waals surface area contributed by atoms with Gasteiger partial charge in [0.1, 0.15) is 0 Å². The van der Waals surface area contributed by atoms with Crippen LogP contribution in [0.1, 0.15) is 39.5 Å². The Morgan fingerprint density at radius 3 is 2.09 bits per heavy atom. The molecular weight excluding hydrogens is 247 g/mol. The van der Waals surface area contributed by atoms with Crippen LogP contribution in [0.5, 0.6) is 0 Å². The Labute approximate surface area is 82.5 Å². The summed E-state index contributed by atoms with van der Waals surface area (Å²) in [5.74, 6) is -0.682. The Balaban J connectivity index is 0. The van der Waals surface area contributed by atoms with Crippen molar-refractivity contribution in [1.82, 2.24) is 0 Å². The van der Waals surface area contributed by atoms with E-state index in [2.05, 4.69) is 13.8 Å². The van der Waals surface area contributed by atoms with Crippen molar-refractivity contribution in [3.63, 3.8) is 0 Å². The third kappa shape index (κ3) is 25.3. The van der Waals surface area contributed by atoms with Crippen molar-refractivity contribution in [1.29, 1.82) is 0 Å². The van der Waals surface area contributed by atoms with Crippen LogP contribution in [0.4, 0.5) is 0 Å². The predicted octanol–water partition coefficient (Wildman–Crippen LogP) is 2.24. The van der Waals surface area contributed by atoms with E-state index < -0.39 is 5.97 Å². The number of rotatable bonds is 4. The molecule has 0 spiro atoms. The number of hydrogen-bond acceptors (Lipinski definition) is 1. The van der Waals surface area contributed by atoms with Crippen LogP contribution in [0, 0.1) is 0 Å². The van der Waals surface area contributed by atoms with E-state index in [1.165, 1.54) is 4.44 Å². The van der Waals surface area contributed by atoms with Gasteiger partial charge in [-0.3, -0.25) is 4.79 Å². The number of hydrogen-bond donors (Lipinski definition) is 1. The summed E-state index contributed by atoms with van der Waals surface area (Å²) in [6.45, 7) is 4.22. The molecule has 0 aliphatic rings. The first kappa shape index (κ1) is 13.8. The van der Waals surface area contributed by atoms with Crippen molar-refractivity contribution in [2.75, 3.05) is 0 Å². The number of carboxylic acids is 1. The van der Waals surface area contributed by atoms with Crippen LogP contribution in [-0.4, -0.2) is 33.6 Å². The van der Waals surface area contributed by atoms with E-state index in [-0.39, 0.29) is 0 Å². The van der Waals surface area contributed by atoms with E-state index in [0.29, 0.717) is 6.42 Å². The van der Waals surface area contributed by atoms with Gasteiger partial charge in [0, 0.05) is 6.42 Å². The first-order valence-electron chi connectivity index (χ1n) is 4.05. The fourth-order valence-corrected chi connectivity index (χ4v) is 0.526. The van der Waals surface area contributed by atoms with E-state index >= 15 is 0 Å². The van der Waals surface area contributed by atoms with Crippen LogP contribution >= 0.6 is 0 Å². The first-order chi connectivity index (χ1) is 5.18. The van der Waals surface area contributed by atoms with Crippen molar-refractivity contribution in [2.45, 2.75) is 44.0 Å². The van der Waals surface area contributed by atoms with E-state index in [4.69, 9.17) is 5.11 Å². The molecule has 0 unspecified atom stereocenters. The summed E-state index contributed by atoms with van der Waals surface area (Å²) >= 11 is 1.64. The number of unbranched alkanes of at least 4 members (excludes halogenated alkanes) is 2. The van der Waals surface area contributed by atoms with Gasteiger partial charge >= 0.3 is 39.9 Å². The van der Waals surface area contributed by atoms with Crippen molar-refractivity contribution in [3.05, 3.63) is 0 Å². The minimum atomic E-state index is -0.682. The molecule has 3 heteroatoms. The van der Waals surface area contributed by atoms with Gasteiger partial charge in [-0.25, -0.2) is 0 Å². The molecule has 0 aromatic rings. The molecule has 0 aromatic heterocycles. The van der Waals surface area contributed by atoms with Gasteiger partial charge in [0.2, 0.25) is 0 Å². The van der Waals surface area contributed by atoms with Crippen molar-refractivity contribution in [3.8, 4) is 0 Å². The zero-order valence-corrected chi connectivity index (χ0v) is 10.2. The molecule has 65 valence electrons. The fraction of sp³-hybridized carbons (Fsp3) is 0.875. The topological polar surface area (TPSA) is 37.3 Å². The molecule has 0 aromatic carbocycles. The average molecular weight is 264 g/mol. The quantitative estimate of drug-likeness (QED) is 0.624. The van der Waals surface area contributed by atoms with Gasteiger partial charge in [0.15, 0.2) is 0 Å². The van der Waals surface area contributed by atoms with Crippen molar-refractivity contribution >= 4 is 28.5 Å². The Kier molecular flexibility index (Phi) is 16.2. The van der Waals surface area contributed by atoms with Crippen LogP contribution in [0.3, 0.4) is 0 Å². The Morgan fingerprint density at radius 2 is 1.82 bits per heavy atom. The summed E-state index contributed by atoms with van der Waals surface area (Å²) in [7, 11) is 0. The van der Waals surface area contributed by atoms with Crippen LogP contribution in [-0.2, 0) is 4.79 Å². The summed E-state index contributed by atoms with van der Waals surface area (Å²) in [6.07, 6.45) is 3.28. The molecule has 3 radical (unpaired) electrons. The Bertz CT molecular complexity index is 84.2. The van der Waals surface area contributed by atoms with Gasteiger partial charge in [0.25, 0.3) is 0 Å². The maximum atomic E-state index is 9.87. The van der Waals surface area contributed by atoms with Gasteiger partial charge < -0.3 is 5.11 Å². The molecule has 0 aliphatic carbocycles. The molecule has 1 N–H and O–H groups in total. The first-order valence-corrected chi connectivity index (χ1v) is 6.07. The van der Waals surface area contributed by atoms with Gasteiger partial charge in [0.05, 0.1) is 0 Å². The van der Waals surface area contributed by atoms with Crippen LogP contribution in [0.25, 0.3) is 0 Å². The summed E-state index contributed by atoms with van der Waals surface area (Å²) in [4.78, 5) is 9.87. The normalized spacial score (nSPS) is 8.27. The SMILES string of the molecule is CCCCCC(=O)O.C[CH2][Sn]. The molecule has 2 nitrogen and oxygen atoms in total. The van der Waals surface area contributed by atoms with Gasteiger partial charge in [-0.2, -0.15) is 0 Å². The van der Waals surface area contributed by atoms with Crippen molar-refractivity contribution in [2.24, 2.45) is 0 Å². The Hall–Kier alpha value is 0.269. The zero-order valence-electron chi connectivity index (χ0n) is 7.39. The van der Waals surface area contributed by atoms with Crippen LogP contribution < -0.4 is 0 Å². The molecule has 0 saturated carbocycles. The molecule has 0 saturated heterocycles. The standard InChI is InChI=1S/C6H12O2.C2H5.Sn/c1-2-3-4-5-6(7)8;1-2;/h2-5H2,1H3,(H,7,8);1H2,2H3;. The number of carbonyl (C=O) groups is 1. The van der Waals surface area contributed by atoms with Gasteiger partial charge in [-0.1, -0.05) is 19.8 Å². The van der Waals surface area contributed by atoms with E-state index in [1.54, 1.807) is 22.5 Å². The molecule has 0 heterocycles. The monoisotopic (exact) mass is 265 g/mol. The molecule has 11 heavy (non-hydrogen) atoms. The maximum absolute atomic E-state index is 9.87. The molecule has 0 aliphatic heterocycles. The molecule has 0 atom stereocenters. The second-order valence-electron chi connectivity index (χ2n) is 2.20.